The fraction of sp³-hybridized carbons (Fsp3) is 0.480. The fourth-order valence-corrected chi connectivity index (χ4v) is 3.98. The van der Waals surface area contributed by atoms with Crippen molar-refractivity contribution in [3.8, 4) is 0 Å². The molecule has 0 aliphatic carbocycles. The lowest BCUT2D eigenvalue weighted by Gasteiger charge is -2.20. The molecule has 0 spiro atoms. The zero-order valence-corrected chi connectivity index (χ0v) is 19.0. The van der Waals surface area contributed by atoms with Crippen LogP contribution in [0.5, 0.6) is 0 Å². The van der Waals surface area contributed by atoms with Gasteiger partial charge in [0.25, 0.3) is 0 Å². The molecule has 0 aromatic carbocycles. The molecule has 6 heteroatoms. The number of hydrogen-bond donors (Lipinski definition) is 2. The number of carbonyl (C=O) groups excluding carboxylic acids is 1. The summed E-state index contributed by atoms with van der Waals surface area (Å²) in [6.07, 6.45) is 20.3. The molecule has 2 aliphatic rings. The largest absolute Gasteiger partial charge is 0.368 e. The lowest BCUT2D eigenvalue weighted by molar-refractivity contribution is -0.128. The average Bonchev–Trinajstić information content (AvgIpc) is 2.91. The minimum absolute atomic E-state index is 0.167. The zero-order valence-electron chi connectivity index (χ0n) is 19.0. The van der Waals surface area contributed by atoms with Crippen LogP contribution in [-0.2, 0) is 4.79 Å². The Bertz CT molecular complexity index is 996. The number of amides is 1. The third kappa shape index (κ3) is 6.29. The minimum atomic E-state index is 0.167. The first-order chi connectivity index (χ1) is 15.1. The molecule has 6 nitrogen and oxygen atoms in total. The van der Waals surface area contributed by atoms with Crippen molar-refractivity contribution in [2.75, 3.05) is 13.1 Å². The van der Waals surface area contributed by atoms with Gasteiger partial charge < -0.3 is 15.2 Å². The lowest BCUT2D eigenvalue weighted by atomic mass is 10.1. The molecule has 1 atom stereocenters. The van der Waals surface area contributed by atoms with Gasteiger partial charge in [0.2, 0.25) is 5.91 Å². The SMILES string of the molecule is C\C=C/C(=N\C(=C\CCC)NC1CCCN(C(C)=O)CC1)c1c[nH]c2c1=CCC=CN=2. The number of likely N-dealkylation sites (tertiary alicyclic amines) is 1. The van der Waals surface area contributed by atoms with Crippen molar-refractivity contribution in [3.05, 3.63) is 58.8 Å². The van der Waals surface area contributed by atoms with Crippen molar-refractivity contribution >= 4 is 17.7 Å². The number of aliphatic imine (C=N–C) groups is 1. The molecule has 166 valence electrons. The Balaban J connectivity index is 1.88. The fourth-order valence-electron chi connectivity index (χ4n) is 3.98. The average molecular weight is 422 g/mol. The standard InChI is InChI=1S/C25H35N5O/c1-4-6-13-24(28-20-11-9-16-30(17-14-20)19(3)31)29-23(10-5-2)22-18-27-25-21(22)12-7-8-15-26-25/h5,8,10,12-13,15,18,20,28H,4,6-7,9,11,14,16-17H2,1-3H3,(H,26,27)/b10-5-,24-13+,29-23+. The van der Waals surface area contributed by atoms with E-state index < -0.39 is 0 Å². The van der Waals surface area contributed by atoms with E-state index in [9.17, 15) is 4.79 Å². The number of H-pyrrole nitrogens is 1. The van der Waals surface area contributed by atoms with Crippen LogP contribution < -0.4 is 16.0 Å². The predicted molar refractivity (Wildman–Crippen MR) is 127 cm³/mol. The molecular formula is C25H35N5O. The number of rotatable bonds is 7. The number of fused-ring (bicyclic) bond motifs is 1. The highest BCUT2D eigenvalue weighted by Crippen LogP contribution is 2.14. The second kappa shape index (κ2) is 11.5. The number of hydrogen-bond acceptors (Lipinski definition) is 4. The molecule has 3 rings (SSSR count). The van der Waals surface area contributed by atoms with E-state index in [0.717, 1.165) is 79.4 Å². The van der Waals surface area contributed by atoms with E-state index >= 15 is 0 Å². The van der Waals surface area contributed by atoms with Crippen LogP contribution in [0.15, 0.2) is 52.5 Å². The Hall–Kier alpha value is -2.89. The molecule has 2 aliphatic heterocycles. The summed E-state index contributed by atoms with van der Waals surface area (Å²) in [7, 11) is 0. The molecule has 3 heterocycles. The summed E-state index contributed by atoms with van der Waals surface area (Å²) in [4.78, 5) is 26.6. The maximum Gasteiger partial charge on any atom is 0.219 e. The van der Waals surface area contributed by atoms with Gasteiger partial charge in [-0.3, -0.25) is 4.79 Å². The van der Waals surface area contributed by atoms with E-state index in [2.05, 4.69) is 46.5 Å². The van der Waals surface area contributed by atoms with Gasteiger partial charge in [0.05, 0.1) is 5.71 Å². The van der Waals surface area contributed by atoms with Crippen LogP contribution in [0.4, 0.5) is 0 Å². The van der Waals surface area contributed by atoms with Crippen LogP contribution >= 0.6 is 0 Å². The molecule has 1 fully saturated rings. The van der Waals surface area contributed by atoms with Crippen LogP contribution in [0.2, 0.25) is 0 Å². The molecule has 0 bridgehead atoms. The van der Waals surface area contributed by atoms with E-state index in [1.165, 1.54) is 0 Å². The summed E-state index contributed by atoms with van der Waals surface area (Å²) in [5.41, 5.74) is 2.86. The quantitative estimate of drug-likeness (QED) is 0.663. The van der Waals surface area contributed by atoms with Crippen LogP contribution in [0.25, 0.3) is 6.08 Å². The second-order valence-corrected chi connectivity index (χ2v) is 8.07. The summed E-state index contributed by atoms with van der Waals surface area (Å²) in [6.45, 7) is 7.50. The maximum absolute atomic E-state index is 11.8. The molecule has 1 aromatic heterocycles. The molecule has 31 heavy (non-hydrogen) atoms. The van der Waals surface area contributed by atoms with Gasteiger partial charge >= 0.3 is 0 Å². The van der Waals surface area contributed by atoms with Crippen LogP contribution in [-0.4, -0.2) is 40.6 Å². The number of unbranched alkanes of at least 4 members (excludes halogenated alkanes) is 1. The van der Waals surface area contributed by atoms with Crippen molar-refractivity contribution in [3.63, 3.8) is 0 Å². The molecule has 2 N–H and O–H groups in total. The number of carbonyl (C=O) groups is 1. The highest BCUT2D eigenvalue weighted by atomic mass is 16.2. The van der Waals surface area contributed by atoms with Gasteiger partial charge in [0, 0.05) is 49.2 Å². The molecular weight excluding hydrogens is 386 g/mol. The highest BCUT2D eigenvalue weighted by molar-refractivity contribution is 6.09. The number of aromatic nitrogens is 1. The number of allylic oxidation sites excluding steroid dienone is 4. The van der Waals surface area contributed by atoms with Crippen LogP contribution in [0, 0.1) is 0 Å². The summed E-state index contributed by atoms with van der Waals surface area (Å²) in [6, 6.07) is 0.317. The van der Waals surface area contributed by atoms with Gasteiger partial charge in [-0.05, 0) is 51.2 Å². The number of nitrogens with one attached hydrogen (secondary N) is 2. The summed E-state index contributed by atoms with van der Waals surface area (Å²) < 4.78 is 0. The summed E-state index contributed by atoms with van der Waals surface area (Å²) in [5.74, 6) is 1.08. The minimum Gasteiger partial charge on any atom is -0.368 e. The molecule has 0 radical (unpaired) electrons. The summed E-state index contributed by atoms with van der Waals surface area (Å²) in [5, 5.41) is 4.78. The van der Waals surface area contributed by atoms with Gasteiger partial charge in [-0.25, -0.2) is 9.98 Å². The first-order valence-electron chi connectivity index (χ1n) is 11.5. The van der Waals surface area contributed by atoms with Crippen LogP contribution in [0.3, 0.4) is 0 Å². The van der Waals surface area contributed by atoms with Gasteiger partial charge in [0.15, 0.2) is 0 Å². The maximum atomic E-state index is 11.8. The topological polar surface area (TPSA) is 72.8 Å². The molecule has 1 aromatic rings. The molecule has 1 amide bonds. The first kappa shape index (κ1) is 22.8. The van der Waals surface area contributed by atoms with Gasteiger partial charge in [0.1, 0.15) is 11.3 Å². The van der Waals surface area contributed by atoms with E-state index in [1.807, 2.05) is 30.3 Å². The monoisotopic (exact) mass is 421 g/mol. The molecule has 0 saturated carbocycles. The van der Waals surface area contributed by atoms with Crippen LogP contribution in [0.1, 0.15) is 64.9 Å². The lowest BCUT2D eigenvalue weighted by Crippen LogP contribution is -2.32. The Morgan fingerprint density at radius 2 is 2.26 bits per heavy atom. The van der Waals surface area contributed by atoms with E-state index in [1.54, 1.807) is 6.92 Å². The van der Waals surface area contributed by atoms with E-state index in [0.29, 0.717) is 6.04 Å². The third-order valence-corrected chi connectivity index (χ3v) is 5.66. The van der Waals surface area contributed by atoms with E-state index in [-0.39, 0.29) is 5.91 Å². The smallest absolute Gasteiger partial charge is 0.219 e. The van der Waals surface area contributed by atoms with Gasteiger partial charge in [-0.15, -0.1) is 0 Å². The van der Waals surface area contributed by atoms with Crippen molar-refractivity contribution in [1.82, 2.24) is 15.2 Å². The zero-order chi connectivity index (χ0) is 22.1. The third-order valence-electron chi connectivity index (χ3n) is 5.66. The predicted octanol–water partition coefficient (Wildman–Crippen LogP) is 3.33. The van der Waals surface area contributed by atoms with Crippen molar-refractivity contribution in [2.45, 2.75) is 65.3 Å². The van der Waals surface area contributed by atoms with Gasteiger partial charge in [-0.2, -0.15) is 0 Å². The number of aromatic amines is 1. The van der Waals surface area contributed by atoms with Crippen molar-refractivity contribution < 1.29 is 4.79 Å². The Morgan fingerprint density at radius 3 is 3.03 bits per heavy atom. The second-order valence-electron chi connectivity index (χ2n) is 8.07. The highest BCUT2D eigenvalue weighted by Gasteiger charge is 2.19. The first-order valence-corrected chi connectivity index (χ1v) is 11.5. The van der Waals surface area contributed by atoms with Crippen molar-refractivity contribution in [1.29, 1.82) is 0 Å². The normalized spacial score (nSPS) is 20.0. The van der Waals surface area contributed by atoms with Crippen molar-refractivity contribution in [2.24, 2.45) is 9.98 Å². The Morgan fingerprint density at radius 1 is 1.39 bits per heavy atom. The molecule has 1 saturated heterocycles. The Kier molecular flexibility index (Phi) is 8.44. The molecule has 1 unspecified atom stereocenters. The Labute approximate surface area is 185 Å². The summed E-state index contributed by atoms with van der Waals surface area (Å²) >= 11 is 0. The number of nitrogens with zero attached hydrogens (tertiary/aromatic N) is 3. The van der Waals surface area contributed by atoms with Gasteiger partial charge in [-0.1, -0.05) is 31.6 Å². The van der Waals surface area contributed by atoms with E-state index in [4.69, 9.17) is 4.99 Å².